The Morgan fingerprint density at radius 1 is 0.420 bits per heavy atom. The SMILES string of the molecule is C=Cc1[c-]c(C=C)c(S(=O)(=O)[O-])cc1S(=O)(=O)[O-].C=Cc1[c-]cc(C=C)c(S(=O)(=O)[O-])c1.C=Cc1cc(C=C)c(S(=O)(=O)[O-])c(C=C)c1.C=Cc1cc(C=C)c(S(=O)(=O)[O-])cc1S(=O)(=O)[O-].O=S(=O)=O.O=S(=O)=O.[CH2+]C1CCOCC1.[Li+].[Li+].[Li+].[Na+].[Na+].[Na+].[Na+]. The average Bonchev–Trinajstić information content (AvgIpc) is 3.36. The summed E-state index contributed by atoms with van der Waals surface area (Å²) in [7, 11) is -34.9. The normalized spacial score (nSPS) is 11.2. The minimum absolute atomic E-state index is 0. The van der Waals surface area contributed by atoms with Crippen molar-refractivity contribution in [3.05, 3.63) is 171 Å². The summed E-state index contributed by atoms with van der Waals surface area (Å²) >= 11 is 0. The van der Waals surface area contributed by atoms with E-state index >= 15 is 0 Å². The third-order valence-corrected chi connectivity index (χ3v) is 14.6. The van der Waals surface area contributed by atoms with E-state index in [9.17, 15) is 77.8 Å². The van der Waals surface area contributed by atoms with Crippen LogP contribution < -0.4 is 175 Å². The first-order valence-electron chi connectivity index (χ1n) is 20.8. The molecule has 1 aliphatic heterocycles. The van der Waals surface area contributed by atoms with E-state index in [0.29, 0.717) is 29.2 Å². The van der Waals surface area contributed by atoms with Crippen molar-refractivity contribution in [3.8, 4) is 0 Å². The summed E-state index contributed by atoms with van der Waals surface area (Å²) in [6.07, 6.45) is 13.4. The number of benzene rings is 4. The van der Waals surface area contributed by atoms with Crippen LogP contribution in [0.15, 0.2) is 131 Å². The third-order valence-electron chi connectivity index (χ3n) is 9.24. The molecule has 1 aliphatic rings. The van der Waals surface area contributed by atoms with Gasteiger partial charge >= 0.3 is 196 Å². The summed E-state index contributed by atoms with van der Waals surface area (Å²) in [5.74, 6) is 0.661. The van der Waals surface area contributed by atoms with Gasteiger partial charge in [0, 0.05) is 12.8 Å². The molecule has 0 amide bonds. The number of ether oxygens (including phenoxy) is 1. The average molecular weight is 1390 g/mol. The van der Waals surface area contributed by atoms with Crippen molar-refractivity contribution in [2.75, 3.05) is 13.2 Å². The predicted molar refractivity (Wildman–Crippen MR) is 290 cm³/mol. The maximum absolute atomic E-state index is 11.1. The van der Waals surface area contributed by atoms with E-state index < -0.39 is 102 Å². The van der Waals surface area contributed by atoms with E-state index in [0.717, 1.165) is 56.4 Å². The van der Waals surface area contributed by atoms with Gasteiger partial charge in [0.05, 0.1) is 61.0 Å². The Kier molecular flexibility index (Phi) is 59.3. The van der Waals surface area contributed by atoms with Gasteiger partial charge in [-0.05, 0) is 66.8 Å². The second-order valence-corrected chi connectivity index (χ2v) is 23.4. The molecule has 0 radical (unpaired) electrons. The molecule has 0 bridgehead atoms. The van der Waals surface area contributed by atoms with Crippen LogP contribution in [0.25, 0.3) is 54.7 Å². The van der Waals surface area contributed by atoms with Gasteiger partial charge in [0.15, 0.2) is 0 Å². The summed E-state index contributed by atoms with van der Waals surface area (Å²) in [5, 5.41) is 0. The minimum atomic E-state index is -4.94. The van der Waals surface area contributed by atoms with Crippen molar-refractivity contribution in [1.82, 2.24) is 0 Å². The Morgan fingerprint density at radius 3 is 0.943 bits per heavy atom. The molecule has 5 rings (SSSR count). The van der Waals surface area contributed by atoms with Crippen LogP contribution in [0, 0.1) is 25.0 Å². The first kappa shape index (κ1) is 106. The van der Waals surface area contributed by atoms with Gasteiger partial charge in [-0.1, -0.05) is 74.9 Å². The molecule has 0 aliphatic carbocycles. The Bertz CT molecular complexity index is 3720. The minimum Gasteiger partial charge on any atom is -0.750 e. The molecule has 25 nitrogen and oxygen atoms in total. The number of hydrogen-bond acceptors (Lipinski definition) is 25. The molecule has 0 spiro atoms. The number of rotatable bonds is 15. The van der Waals surface area contributed by atoms with Crippen LogP contribution in [0.4, 0.5) is 0 Å². The van der Waals surface area contributed by atoms with Crippen LogP contribution in [-0.2, 0) is 86.7 Å². The molecule has 0 unspecified atom stereocenters. The molecular weight excluding hydrogens is 1350 g/mol. The van der Waals surface area contributed by atoms with Gasteiger partial charge in [0.1, 0.15) is 40.5 Å². The summed E-state index contributed by atoms with van der Waals surface area (Å²) in [6, 6.07) is 12.8. The van der Waals surface area contributed by atoms with Gasteiger partial charge in [-0.25, -0.2) is 50.5 Å². The van der Waals surface area contributed by atoms with E-state index in [2.05, 4.69) is 78.3 Å². The largest absolute Gasteiger partial charge is 1.00 e. The summed E-state index contributed by atoms with van der Waals surface area (Å²) < 4.78 is 253. The zero-order valence-electron chi connectivity index (χ0n) is 48.7. The molecule has 442 valence electrons. The van der Waals surface area contributed by atoms with Crippen LogP contribution in [0.3, 0.4) is 0 Å². The molecule has 1 saturated heterocycles. The summed E-state index contributed by atoms with van der Waals surface area (Å²) in [4.78, 5) is -3.92. The smallest absolute Gasteiger partial charge is 0.750 e. The standard InChI is InChI=1S/C12H12O3S.C10H10O6S2.C10H9O6S2.C10H9O3S.C6H11O.3Li.4Na.2O3S/c1-4-9-7-10(5-2)12(16(13,14)15)11(6-3)8-9;2*1-3-7-5-8(4-2)10(18(14,15)16)6-9(7)17(11,12)13;1-3-8-5-6-9(4-2)10(7-8)14(11,12)13;1-6-2-4-7-5-3-6;;;;;;;;2*1-4(2)3/h4-8H,1-3H2,(H,13,14,15);3-6H,1-2H2,(H,11,12,13)(H,14,15,16);3-4,6H,1-2H2,(H,11,12,13)(H,14,15,16);3-4,6-7H,1-2H2,(H,11,12,13);6H,1-5H2;;;;;;;;;/q;;2*-1;8*+1;;/p-6. The molecule has 0 saturated carbocycles. The van der Waals surface area contributed by atoms with E-state index in [-0.39, 0.29) is 224 Å². The molecule has 0 atom stereocenters. The molecule has 1 heterocycles. The van der Waals surface area contributed by atoms with Gasteiger partial charge in [-0.3, -0.25) is 0 Å². The quantitative estimate of drug-likeness (QED) is 0.0606. The fourth-order valence-electron chi connectivity index (χ4n) is 5.75. The number of hydrogen-bond donors (Lipinski definition) is 0. The maximum Gasteiger partial charge on any atom is 1.00 e. The van der Waals surface area contributed by atoms with Crippen LogP contribution in [0.5, 0.6) is 0 Å². The molecule has 40 heteroatoms. The zero-order chi connectivity index (χ0) is 63.7. The van der Waals surface area contributed by atoms with Crippen LogP contribution in [0.1, 0.15) is 62.9 Å². The first-order chi connectivity index (χ1) is 37.0. The van der Waals surface area contributed by atoms with E-state index in [1.165, 1.54) is 48.6 Å². The monoisotopic (exact) mass is 1390 g/mol. The van der Waals surface area contributed by atoms with Gasteiger partial charge in [0.25, 0.3) is 0 Å². The Labute approximate surface area is 641 Å². The fourth-order valence-corrected chi connectivity index (χ4v) is 10.2. The van der Waals surface area contributed by atoms with Gasteiger partial charge < -0.3 is 32.1 Å². The van der Waals surface area contributed by atoms with Crippen molar-refractivity contribution in [2.45, 2.75) is 42.2 Å². The first-order valence-corrected chi connectivity index (χ1v) is 31.3. The van der Waals surface area contributed by atoms with E-state index in [1.54, 1.807) is 6.08 Å². The van der Waals surface area contributed by atoms with Crippen molar-refractivity contribution < 1.29 is 283 Å². The maximum atomic E-state index is 11.1. The topological polar surface area (TPSA) is 455 Å². The van der Waals surface area contributed by atoms with Crippen molar-refractivity contribution in [3.63, 3.8) is 0 Å². The van der Waals surface area contributed by atoms with E-state index in [4.69, 9.17) is 30.0 Å². The summed E-state index contributed by atoms with van der Waals surface area (Å²) in [5.41, 5.74) is 1.34. The fraction of sp³-hybridized carbons (Fsp3) is 0.104. The molecule has 4 aromatic carbocycles. The van der Waals surface area contributed by atoms with Crippen molar-refractivity contribution in [2.24, 2.45) is 5.92 Å². The molecule has 4 aromatic rings. The summed E-state index contributed by atoms with van der Waals surface area (Å²) in [6.45, 7) is 36.3. The Balaban J connectivity index is -0.000000122. The third kappa shape index (κ3) is 40.2. The molecular formula is C48H45Li3Na4O25S8. The van der Waals surface area contributed by atoms with Crippen LogP contribution >= 0.6 is 0 Å². The van der Waals surface area contributed by atoms with Crippen molar-refractivity contribution >= 4 is 137 Å². The Morgan fingerprint density at radius 2 is 0.716 bits per heavy atom. The predicted octanol–water partition coefficient (Wildman–Crippen LogP) is -16.2. The second-order valence-electron chi connectivity index (χ2n) is 14.5. The zero-order valence-corrected chi connectivity index (χ0v) is 63.2. The van der Waals surface area contributed by atoms with Crippen LogP contribution in [0.2, 0.25) is 0 Å². The van der Waals surface area contributed by atoms with Gasteiger partial charge in [-0.2, -0.15) is 0 Å². The van der Waals surface area contributed by atoms with Crippen molar-refractivity contribution in [1.29, 1.82) is 0 Å². The van der Waals surface area contributed by atoms with Crippen LogP contribution in [-0.4, -0.2) is 116 Å². The van der Waals surface area contributed by atoms with Gasteiger partial charge in [-0.15, -0.1) is 117 Å². The molecule has 0 aromatic heterocycles. The molecule has 1 fully saturated rings. The molecule has 88 heavy (non-hydrogen) atoms. The molecule has 0 N–H and O–H groups in total. The Hall–Kier alpha value is -1.14. The second kappa shape index (κ2) is 49.4. The van der Waals surface area contributed by atoms with Gasteiger partial charge in [0.2, 0.25) is 0 Å². The van der Waals surface area contributed by atoms with E-state index in [1.807, 2.05) is 0 Å².